The molecule has 0 spiro atoms. The van der Waals surface area contributed by atoms with Crippen molar-refractivity contribution in [2.24, 2.45) is 39.8 Å². The molecule has 16 nitrogen and oxygen atoms in total. The molecule has 7 rings (SSSR count). The average molecular weight is 1460 g/mol. The summed E-state index contributed by atoms with van der Waals surface area (Å²) in [5, 5.41) is 0.177. The third-order valence-electron chi connectivity index (χ3n) is 15.2. The number of hydrogen-bond acceptors (Lipinski definition) is 12. The van der Waals surface area contributed by atoms with Gasteiger partial charge in [0.1, 0.15) is 46.1 Å². The van der Waals surface area contributed by atoms with Gasteiger partial charge in [-0.3, -0.25) is 0 Å². The molecular formula is C69H105BrF9N7O9Si. The van der Waals surface area contributed by atoms with Crippen LogP contribution in [0.25, 0.3) is 0 Å². The molecule has 2 unspecified atom stereocenters. The van der Waals surface area contributed by atoms with Crippen LogP contribution in [0.4, 0.5) is 58.7 Å². The Morgan fingerprint density at radius 3 is 0.948 bits per heavy atom. The quantitative estimate of drug-likeness (QED) is 0.0372. The molecule has 4 aliphatic rings. The van der Waals surface area contributed by atoms with E-state index in [-0.39, 0.29) is 96.5 Å². The first-order valence-electron chi connectivity index (χ1n) is 32.2. The zero-order chi connectivity index (χ0) is 72.1. The molecule has 4 amide bonds. The first-order chi connectivity index (χ1) is 43.8. The highest BCUT2D eigenvalue weighted by Gasteiger charge is 2.33. The van der Waals surface area contributed by atoms with Gasteiger partial charge in [0.25, 0.3) is 0 Å². The molecular weight excluding hydrogens is 1350 g/mol. The van der Waals surface area contributed by atoms with Crippen molar-refractivity contribution < 1.29 is 82.4 Å². The van der Waals surface area contributed by atoms with E-state index >= 15 is 0 Å². The van der Waals surface area contributed by atoms with Gasteiger partial charge in [0.05, 0.1) is 0 Å². The molecule has 27 heteroatoms. The summed E-state index contributed by atoms with van der Waals surface area (Å²) >= 11 is 2.94. The predicted octanol–water partition coefficient (Wildman–Crippen LogP) is 16.2. The fourth-order valence-electron chi connectivity index (χ4n) is 10.1. The molecule has 3 aromatic rings. The molecule has 0 bridgehead atoms. The van der Waals surface area contributed by atoms with Gasteiger partial charge in [-0.2, -0.15) is 0 Å². The monoisotopic (exact) mass is 1450 g/mol. The van der Waals surface area contributed by atoms with Crippen LogP contribution in [-0.4, -0.2) is 152 Å². The highest BCUT2D eigenvalue weighted by Crippen LogP contribution is 2.28. The van der Waals surface area contributed by atoms with Gasteiger partial charge in [0.15, 0.2) is 43.1 Å². The van der Waals surface area contributed by atoms with Gasteiger partial charge in [-0.1, -0.05) is 23.4 Å². The summed E-state index contributed by atoms with van der Waals surface area (Å²) in [4.78, 5) is 64.9. The second-order valence-corrected chi connectivity index (χ2v) is 34.4. The lowest BCUT2D eigenvalue weighted by Gasteiger charge is -2.35. The standard InChI is InChI=1S/2C18H25F3N2O2.C14H28N2O2Si.C11H19NO3.C7H4BrF3.CH4/c2*1-18(2,3)25-17(24)23-6-4-11(5-7-23)16(22)9-12-8-14(20)15(21)10-13(12)19;1-14(2,3)18-13(17)16-9-7-12(8-10-16)11-15-19(4,5)6;1-11(2,3)15-10(14)12-6-4-9(8-13)5-7-12;8-3-4-1-6(10)7(11)2-5(4)9;/h2*8,10-11,16H,4-7,9,22H2,1-3H3;11-12H,7-10H2,1-6H3;8-9H,4-7H2,1-3H3;1-2H,3H2;1H4. The number of ether oxygens (including phenoxy) is 4. The highest BCUT2D eigenvalue weighted by atomic mass is 79.9. The lowest BCUT2D eigenvalue weighted by molar-refractivity contribution is -0.112. The van der Waals surface area contributed by atoms with Crippen molar-refractivity contribution in [1.82, 2.24) is 19.6 Å². The molecule has 4 saturated heterocycles. The van der Waals surface area contributed by atoms with E-state index < -0.39 is 83.0 Å². The smallest absolute Gasteiger partial charge is 0.410 e. The summed E-state index contributed by atoms with van der Waals surface area (Å²) in [6.45, 7) is 33.6. The number of carbonyl (C=O) groups is 5. The van der Waals surface area contributed by atoms with Crippen molar-refractivity contribution in [2.45, 2.75) is 214 Å². The largest absolute Gasteiger partial charge is 0.444 e. The topological polar surface area (TPSA) is 200 Å². The van der Waals surface area contributed by atoms with Crippen LogP contribution < -0.4 is 11.5 Å². The van der Waals surface area contributed by atoms with Crippen LogP contribution in [0.5, 0.6) is 0 Å². The summed E-state index contributed by atoms with van der Waals surface area (Å²) < 4.78 is 143. The number of aldehydes is 1. The van der Waals surface area contributed by atoms with E-state index in [2.05, 4.69) is 46.4 Å². The molecule has 2 atom stereocenters. The van der Waals surface area contributed by atoms with Crippen molar-refractivity contribution in [3.05, 3.63) is 105 Å². The van der Waals surface area contributed by atoms with Crippen molar-refractivity contribution in [3.63, 3.8) is 0 Å². The van der Waals surface area contributed by atoms with Crippen LogP contribution in [0, 0.1) is 76.0 Å². The van der Waals surface area contributed by atoms with Crippen molar-refractivity contribution in [2.75, 3.05) is 52.4 Å². The van der Waals surface area contributed by atoms with Crippen molar-refractivity contribution >= 4 is 61.0 Å². The number of halogens is 10. The fourth-order valence-corrected chi connectivity index (χ4v) is 11.1. The zero-order valence-corrected chi connectivity index (χ0v) is 60.4. The first kappa shape index (κ1) is 86.2. The summed E-state index contributed by atoms with van der Waals surface area (Å²) in [7, 11) is -1.35. The molecule has 3 aromatic carbocycles. The number of rotatable bonds is 10. The number of nitrogens with zero attached hydrogens (tertiary/aromatic N) is 5. The fraction of sp³-hybridized carbons (Fsp3) is 0.652. The minimum absolute atomic E-state index is 0. The van der Waals surface area contributed by atoms with E-state index in [1.807, 2.05) is 88.0 Å². The third-order valence-corrected chi connectivity index (χ3v) is 16.7. The minimum Gasteiger partial charge on any atom is -0.444 e. The lowest BCUT2D eigenvalue weighted by Crippen LogP contribution is -2.45. The Hall–Kier alpha value is -5.93. The van der Waals surface area contributed by atoms with Crippen molar-refractivity contribution in [3.8, 4) is 0 Å². The van der Waals surface area contributed by atoms with E-state index in [0.29, 0.717) is 89.1 Å². The molecule has 96 heavy (non-hydrogen) atoms. The SMILES string of the molecule is C.CC(C)(C)OC(=O)N1CCC(C(N)Cc2cc(F)c(F)cc2F)CC1.CC(C)(C)OC(=O)N1CCC(C(N)Cc2cc(F)c(F)cc2F)CC1.CC(C)(C)OC(=O)N1CCC(C=N[Si](C)(C)C)CC1.CC(C)(C)OC(=O)N1CCC(C=O)CC1.Fc1cc(F)c(CBr)cc1F. The van der Waals surface area contributed by atoms with Gasteiger partial charge in [-0.05, 0) is 220 Å². The second-order valence-electron chi connectivity index (χ2n) is 29.2. The Morgan fingerprint density at radius 1 is 0.458 bits per heavy atom. The van der Waals surface area contributed by atoms with Crippen LogP contribution in [0.15, 0.2) is 41.1 Å². The van der Waals surface area contributed by atoms with Crippen molar-refractivity contribution in [1.29, 1.82) is 0 Å². The number of alkyl halides is 1. The molecule has 0 radical (unpaired) electrons. The van der Waals surface area contributed by atoms with Gasteiger partial charge >= 0.3 is 24.4 Å². The van der Waals surface area contributed by atoms with Gasteiger partial charge in [-0.25, -0.2) is 58.7 Å². The van der Waals surface area contributed by atoms with Crippen LogP contribution in [0.1, 0.15) is 159 Å². The molecule has 4 aliphatic heterocycles. The Bertz CT molecular complexity index is 2890. The minimum atomic E-state index is -1.35. The van der Waals surface area contributed by atoms with E-state index in [1.54, 1.807) is 14.7 Å². The van der Waals surface area contributed by atoms with Crippen LogP contribution in [0.3, 0.4) is 0 Å². The van der Waals surface area contributed by atoms with Crippen LogP contribution in [-0.2, 0) is 41.9 Å². The van der Waals surface area contributed by atoms with E-state index in [9.17, 15) is 63.5 Å². The molecule has 4 fully saturated rings. The molecule has 4 N–H and O–H groups in total. The Labute approximate surface area is 572 Å². The normalized spacial score (nSPS) is 16.9. The highest BCUT2D eigenvalue weighted by molar-refractivity contribution is 9.08. The van der Waals surface area contributed by atoms with Crippen LogP contribution in [0.2, 0.25) is 19.6 Å². The van der Waals surface area contributed by atoms with Gasteiger partial charge in [0, 0.05) is 99.5 Å². The van der Waals surface area contributed by atoms with Gasteiger partial charge in [0.2, 0.25) is 0 Å². The van der Waals surface area contributed by atoms with Crippen LogP contribution >= 0.6 is 15.9 Å². The number of piperidine rings is 4. The number of hydrogen-bond donors (Lipinski definition) is 2. The zero-order valence-electron chi connectivity index (χ0n) is 57.9. The summed E-state index contributed by atoms with van der Waals surface area (Å²) in [6.07, 6.45) is 8.31. The molecule has 0 aromatic heterocycles. The van der Waals surface area contributed by atoms with E-state index in [1.165, 1.54) is 0 Å². The molecule has 0 aliphatic carbocycles. The summed E-state index contributed by atoms with van der Waals surface area (Å²) in [6, 6.07) is 3.40. The van der Waals surface area contributed by atoms with Gasteiger partial charge in [-0.15, -0.1) is 0 Å². The maximum atomic E-state index is 13.8. The second kappa shape index (κ2) is 38.4. The maximum absolute atomic E-state index is 13.8. The molecule has 4 heterocycles. The number of amides is 4. The Kier molecular flexibility index (Phi) is 34.5. The maximum Gasteiger partial charge on any atom is 0.410 e. The first-order valence-corrected chi connectivity index (χ1v) is 36.7. The number of nitrogens with two attached hydrogens (primary N) is 2. The molecule has 544 valence electrons. The Balaban J connectivity index is 0.000000418. The predicted molar refractivity (Wildman–Crippen MR) is 362 cm³/mol. The summed E-state index contributed by atoms with van der Waals surface area (Å²) in [5.41, 5.74) is 10.6. The summed E-state index contributed by atoms with van der Waals surface area (Å²) in [5.74, 6) is -8.30. The molecule has 0 saturated carbocycles. The number of likely N-dealkylation sites (tertiary alicyclic amines) is 4. The number of carbonyl (C=O) groups excluding carboxylic acids is 5. The van der Waals surface area contributed by atoms with E-state index in [0.717, 1.165) is 63.3 Å². The lowest BCUT2D eigenvalue weighted by atomic mass is 9.86. The number of benzene rings is 3. The van der Waals surface area contributed by atoms with Gasteiger partial charge < -0.3 is 59.5 Å². The third kappa shape index (κ3) is 32.2. The van der Waals surface area contributed by atoms with E-state index in [4.69, 9.17) is 30.4 Å². The Morgan fingerprint density at radius 2 is 0.698 bits per heavy atom. The average Bonchev–Trinajstić information content (AvgIpc) is 0.879.